The molecule has 0 fully saturated rings. The van der Waals surface area contributed by atoms with E-state index in [1.165, 1.54) is 12.1 Å². The number of hydrogen-bond acceptors (Lipinski definition) is 4. The second kappa shape index (κ2) is 4.90. The molecule has 3 rings (SSSR count). The number of carboxylic acid groups (broad SMARTS) is 1. The van der Waals surface area contributed by atoms with Crippen molar-refractivity contribution in [2.75, 3.05) is 19.0 Å². The van der Waals surface area contributed by atoms with E-state index in [2.05, 4.69) is 10.2 Å². The molecule has 0 saturated carbocycles. The van der Waals surface area contributed by atoms with Crippen LogP contribution in [0.25, 0.3) is 17.0 Å². The number of hydrogen-bond donors (Lipinski definition) is 1. The van der Waals surface area contributed by atoms with Gasteiger partial charge in [-0.2, -0.15) is 0 Å². The predicted molar refractivity (Wildman–Crippen MR) is 79.7 cm³/mol. The number of benzene rings is 1. The number of aromatic nitrogens is 3. The van der Waals surface area contributed by atoms with Gasteiger partial charge in [-0.1, -0.05) is 0 Å². The highest BCUT2D eigenvalue weighted by Crippen LogP contribution is 2.22. The average molecular weight is 282 g/mol. The maximum absolute atomic E-state index is 11.0. The van der Waals surface area contributed by atoms with Crippen molar-refractivity contribution in [1.82, 2.24) is 14.6 Å². The smallest absolute Gasteiger partial charge is 0.335 e. The van der Waals surface area contributed by atoms with E-state index in [-0.39, 0.29) is 5.56 Å². The Kier molecular flexibility index (Phi) is 3.06. The first-order valence-corrected chi connectivity index (χ1v) is 6.42. The fraction of sp³-hybridized carbons (Fsp3) is 0.133. The van der Waals surface area contributed by atoms with Gasteiger partial charge in [-0.15, -0.1) is 10.2 Å². The molecule has 0 aliphatic heterocycles. The van der Waals surface area contributed by atoms with E-state index >= 15 is 0 Å². The van der Waals surface area contributed by atoms with Gasteiger partial charge >= 0.3 is 5.97 Å². The maximum Gasteiger partial charge on any atom is 0.335 e. The van der Waals surface area contributed by atoms with Gasteiger partial charge in [-0.25, -0.2) is 4.79 Å². The van der Waals surface area contributed by atoms with Crippen LogP contribution in [0.2, 0.25) is 0 Å². The van der Waals surface area contributed by atoms with E-state index in [0.717, 1.165) is 11.3 Å². The molecule has 2 aromatic heterocycles. The molecule has 6 heteroatoms. The zero-order chi connectivity index (χ0) is 15.0. The summed E-state index contributed by atoms with van der Waals surface area (Å²) in [7, 11) is 3.96. The van der Waals surface area contributed by atoms with Gasteiger partial charge in [0.05, 0.1) is 5.56 Å². The number of carboxylic acids is 1. The van der Waals surface area contributed by atoms with Crippen LogP contribution in [-0.4, -0.2) is 39.8 Å². The first kappa shape index (κ1) is 13.1. The lowest BCUT2D eigenvalue weighted by Crippen LogP contribution is -2.08. The van der Waals surface area contributed by atoms with E-state index in [4.69, 9.17) is 5.11 Å². The molecule has 0 unspecified atom stereocenters. The van der Waals surface area contributed by atoms with Crippen molar-refractivity contribution in [2.45, 2.75) is 0 Å². The Balaban J connectivity index is 2.06. The number of nitrogens with zero attached hydrogens (tertiary/aromatic N) is 4. The fourth-order valence-corrected chi connectivity index (χ4v) is 2.13. The minimum Gasteiger partial charge on any atom is -0.478 e. The molecular formula is C15H14N4O2. The molecular weight excluding hydrogens is 268 g/mol. The van der Waals surface area contributed by atoms with E-state index in [0.29, 0.717) is 11.5 Å². The molecule has 0 aliphatic carbocycles. The summed E-state index contributed by atoms with van der Waals surface area (Å²) >= 11 is 0. The van der Waals surface area contributed by atoms with Gasteiger partial charge in [0.2, 0.25) is 0 Å². The second-order valence-electron chi connectivity index (χ2n) is 4.91. The molecule has 2 heterocycles. The van der Waals surface area contributed by atoms with E-state index in [1.807, 2.05) is 43.3 Å². The van der Waals surface area contributed by atoms with E-state index in [9.17, 15) is 4.79 Å². The van der Waals surface area contributed by atoms with Crippen molar-refractivity contribution in [3.05, 3.63) is 48.2 Å². The van der Waals surface area contributed by atoms with Gasteiger partial charge in [0.15, 0.2) is 11.5 Å². The Labute approximate surface area is 121 Å². The minimum absolute atomic E-state index is 0.199. The van der Waals surface area contributed by atoms with Gasteiger partial charge in [0, 0.05) is 31.5 Å². The molecule has 1 aromatic carbocycles. The van der Waals surface area contributed by atoms with Crippen molar-refractivity contribution in [2.24, 2.45) is 0 Å². The highest BCUT2D eigenvalue weighted by atomic mass is 16.4. The number of aromatic carboxylic acids is 1. The van der Waals surface area contributed by atoms with E-state index in [1.54, 1.807) is 10.6 Å². The van der Waals surface area contributed by atoms with Crippen LogP contribution in [0.1, 0.15) is 10.4 Å². The van der Waals surface area contributed by atoms with Crippen LogP contribution < -0.4 is 4.90 Å². The van der Waals surface area contributed by atoms with Crippen LogP contribution in [0.15, 0.2) is 42.6 Å². The lowest BCUT2D eigenvalue weighted by molar-refractivity contribution is 0.0697. The standard InChI is InChI=1S/C15H14N4O2/c1-18(2)12-5-3-10(4-6-12)14-17-16-13-9-11(15(20)21)7-8-19(13)14/h3-9H,1-2H3,(H,20,21). The molecule has 6 nitrogen and oxygen atoms in total. The first-order valence-electron chi connectivity index (χ1n) is 6.42. The summed E-state index contributed by atoms with van der Waals surface area (Å²) in [5.41, 5.74) is 2.74. The average Bonchev–Trinajstić information content (AvgIpc) is 2.90. The molecule has 0 aliphatic rings. The van der Waals surface area contributed by atoms with Crippen molar-refractivity contribution < 1.29 is 9.90 Å². The monoisotopic (exact) mass is 282 g/mol. The molecule has 106 valence electrons. The summed E-state index contributed by atoms with van der Waals surface area (Å²) in [5, 5.41) is 17.2. The summed E-state index contributed by atoms with van der Waals surface area (Å²) in [4.78, 5) is 13.0. The first-order chi connectivity index (χ1) is 10.1. The van der Waals surface area contributed by atoms with Crippen molar-refractivity contribution in [1.29, 1.82) is 0 Å². The summed E-state index contributed by atoms with van der Waals surface area (Å²) in [6, 6.07) is 11.0. The third-order valence-corrected chi connectivity index (χ3v) is 3.30. The maximum atomic E-state index is 11.0. The zero-order valence-corrected chi connectivity index (χ0v) is 11.7. The predicted octanol–water partition coefficient (Wildman–Crippen LogP) is 2.16. The Morgan fingerprint density at radius 3 is 2.48 bits per heavy atom. The Morgan fingerprint density at radius 2 is 1.86 bits per heavy atom. The zero-order valence-electron chi connectivity index (χ0n) is 11.7. The Hall–Kier alpha value is -2.89. The number of pyridine rings is 1. The quantitative estimate of drug-likeness (QED) is 0.797. The van der Waals surface area contributed by atoms with Crippen LogP contribution in [-0.2, 0) is 0 Å². The third kappa shape index (κ3) is 2.31. The van der Waals surface area contributed by atoms with Gasteiger partial charge in [0.1, 0.15) is 0 Å². The number of fused-ring (bicyclic) bond motifs is 1. The minimum atomic E-state index is -0.975. The molecule has 0 amide bonds. The summed E-state index contributed by atoms with van der Waals surface area (Å²) < 4.78 is 1.77. The molecule has 0 saturated heterocycles. The molecule has 1 N–H and O–H groups in total. The van der Waals surface area contributed by atoms with Crippen LogP contribution in [0.5, 0.6) is 0 Å². The lowest BCUT2D eigenvalue weighted by Gasteiger charge is -2.12. The number of rotatable bonds is 3. The summed E-state index contributed by atoms with van der Waals surface area (Å²) in [5.74, 6) is -0.287. The van der Waals surface area contributed by atoms with Gasteiger partial charge in [-0.05, 0) is 36.4 Å². The Morgan fingerprint density at radius 1 is 1.14 bits per heavy atom. The largest absolute Gasteiger partial charge is 0.478 e. The van der Waals surface area contributed by atoms with Crippen LogP contribution >= 0.6 is 0 Å². The molecule has 21 heavy (non-hydrogen) atoms. The second-order valence-corrected chi connectivity index (χ2v) is 4.91. The number of carbonyl (C=O) groups is 1. The van der Waals surface area contributed by atoms with Crippen LogP contribution in [0.3, 0.4) is 0 Å². The van der Waals surface area contributed by atoms with Crippen LogP contribution in [0.4, 0.5) is 5.69 Å². The fourth-order valence-electron chi connectivity index (χ4n) is 2.13. The summed E-state index contributed by atoms with van der Waals surface area (Å²) in [6.07, 6.45) is 1.67. The van der Waals surface area contributed by atoms with Crippen molar-refractivity contribution in [3.63, 3.8) is 0 Å². The third-order valence-electron chi connectivity index (χ3n) is 3.30. The lowest BCUT2D eigenvalue weighted by atomic mass is 10.2. The van der Waals surface area contributed by atoms with Crippen LogP contribution in [0, 0.1) is 0 Å². The normalized spacial score (nSPS) is 10.8. The molecule has 0 spiro atoms. The molecule has 0 atom stereocenters. The SMILES string of the molecule is CN(C)c1ccc(-c2nnc3cc(C(=O)O)ccn23)cc1. The van der Waals surface area contributed by atoms with E-state index < -0.39 is 5.97 Å². The van der Waals surface area contributed by atoms with Gasteiger partial charge < -0.3 is 10.0 Å². The molecule has 0 radical (unpaired) electrons. The summed E-state index contributed by atoms with van der Waals surface area (Å²) in [6.45, 7) is 0. The van der Waals surface area contributed by atoms with Crippen molar-refractivity contribution >= 4 is 17.3 Å². The highest BCUT2D eigenvalue weighted by molar-refractivity contribution is 5.88. The Bertz CT molecular complexity index is 806. The highest BCUT2D eigenvalue weighted by Gasteiger charge is 2.11. The molecule has 0 bridgehead atoms. The van der Waals surface area contributed by atoms with Gasteiger partial charge in [0.25, 0.3) is 0 Å². The van der Waals surface area contributed by atoms with Crippen molar-refractivity contribution in [3.8, 4) is 11.4 Å². The van der Waals surface area contributed by atoms with Gasteiger partial charge in [-0.3, -0.25) is 4.40 Å². The molecule has 3 aromatic rings. The topological polar surface area (TPSA) is 70.7 Å². The number of anilines is 1.